The second-order valence-corrected chi connectivity index (χ2v) is 6.55. The van der Waals surface area contributed by atoms with Gasteiger partial charge in [0.2, 0.25) is 0 Å². The van der Waals surface area contributed by atoms with Crippen molar-refractivity contribution in [3.8, 4) is 5.75 Å². The fourth-order valence-electron chi connectivity index (χ4n) is 1.97. The number of ether oxygens (including phenoxy) is 3. The zero-order valence-electron chi connectivity index (χ0n) is 15.0. The molecule has 0 radical (unpaired) electrons. The van der Waals surface area contributed by atoms with Crippen molar-refractivity contribution >= 4 is 35.1 Å². The zero-order chi connectivity index (χ0) is 19.7. The van der Waals surface area contributed by atoms with E-state index in [9.17, 15) is 9.59 Å². The number of carbonyl (C=O) groups is 2. The quantitative estimate of drug-likeness (QED) is 0.260. The lowest BCUT2D eigenvalue weighted by molar-refractivity contribution is -0.152. The number of allylic oxidation sites excluding steroid dienone is 1. The first-order valence-electron chi connectivity index (χ1n) is 7.90. The molecule has 0 aliphatic heterocycles. The number of alkyl halides is 1. The van der Waals surface area contributed by atoms with Crippen molar-refractivity contribution in [2.75, 3.05) is 7.11 Å². The van der Waals surface area contributed by atoms with Crippen LogP contribution in [0, 0.1) is 0 Å². The van der Waals surface area contributed by atoms with Crippen LogP contribution in [0.2, 0.25) is 5.02 Å². The molecule has 7 heteroatoms. The Bertz CT molecular complexity index is 667. The number of hydrogen-bond donors (Lipinski definition) is 0. The fraction of sp³-hybridized carbons (Fsp3) is 0.368. The predicted octanol–water partition coefficient (Wildman–Crippen LogP) is 4.67. The molecule has 26 heavy (non-hydrogen) atoms. The smallest absolute Gasteiger partial charge is 0.363 e. The molecule has 0 bridgehead atoms. The number of methoxy groups -OCH3 is 1. The van der Waals surface area contributed by atoms with E-state index in [-0.39, 0.29) is 0 Å². The van der Waals surface area contributed by atoms with Crippen molar-refractivity contribution < 1.29 is 23.8 Å². The molecule has 0 aliphatic carbocycles. The fourth-order valence-corrected chi connectivity index (χ4v) is 2.25. The van der Waals surface area contributed by atoms with Crippen LogP contribution in [-0.2, 0) is 19.1 Å². The topological polar surface area (TPSA) is 61.8 Å². The lowest BCUT2D eigenvalue weighted by Gasteiger charge is -2.20. The Balaban J connectivity index is 2.61. The van der Waals surface area contributed by atoms with Gasteiger partial charge in [0.25, 0.3) is 5.56 Å². The van der Waals surface area contributed by atoms with Gasteiger partial charge < -0.3 is 14.2 Å². The number of halogens is 2. The first kappa shape index (κ1) is 22.1. The van der Waals surface area contributed by atoms with Crippen molar-refractivity contribution in [1.82, 2.24) is 0 Å². The maximum Gasteiger partial charge on any atom is 0.363 e. The van der Waals surface area contributed by atoms with Crippen molar-refractivity contribution in [3.05, 3.63) is 53.1 Å². The van der Waals surface area contributed by atoms with E-state index in [1.165, 1.54) is 13.2 Å². The van der Waals surface area contributed by atoms with Gasteiger partial charge in [0.05, 0.1) is 7.11 Å². The molecule has 0 saturated heterocycles. The van der Waals surface area contributed by atoms with Crippen molar-refractivity contribution in [2.24, 2.45) is 0 Å². The molecule has 0 saturated carbocycles. The summed E-state index contributed by atoms with van der Waals surface area (Å²) < 4.78 is 15.3. The van der Waals surface area contributed by atoms with Crippen LogP contribution < -0.4 is 4.74 Å². The molecule has 0 amide bonds. The summed E-state index contributed by atoms with van der Waals surface area (Å²) in [5.74, 6) is -0.747. The summed E-state index contributed by atoms with van der Waals surface area (Å²) in [6, 6.07) is 6.45. The molecule has 2 unspecified atom stereocenters. The third-order valence-corrected chi connectivity index (χ3v) is 3.93. The SMILES string of the molecule is C=C(C)C(CCC(C)=CC(=O)OC)OC(=O)C(Cl)Oc1ccc(Cl)cc1. The van der Waals surface area contributed by atoms with Gasteiger partial charge in [0.15, 0.2) is 0 Å². The van der Waals surface area contributed by atoms with Crippen LogP contribution >= 0.6 is 23.2 Å². The lowest BCUT2D eigenvalue weighted by Crippen LogP contribution is -2.29. The van der Waals surface area contributed by atoms with E-state index in [1.807, 2.05) is 0 Å². The molecular weight excluding hydrogens is 379 g/mol. The van der Waals surface area contributed by atoms with E-state index in [4.69, 9.17) is 32.7 Å². The van der Waals surface area contributed by atoms with Gasteiger partial charge in [0, 0.05) is 11.1 Å². The van der Waals surface area contributed by atoms with Crippen LogP contribution in [0.3, 0.4) is 0 Å². The first-order valence-corrected chi connectivity index (χ1v) is 8.71. The van der Waals surface area contributed by atoms with Gasteiger partial charge in [-0.25, -0.2) is 9.59 Å². The summed E-state index contributed by atoms with van der Waals surface area (Å²) in [5.41, 5.74) is 0.170. The summed E-state index contributed by atoms with van der Waals surface area (Å²) in [6.45, 7) is 7.37. The van der Waals surface area contributed by atoms with Gasteiger partial charge in [-0.05, 0) is 56.5 Å². The Morgan fingerprint density at radius 1 is 1.23 bits per heavy atom. The van der Waals surface area contributed by atoms with Crippen LogP contribution in [-0.4, -0.2) is 30.7 Å². The zero-order valence-corrected chi connectivity index (χ0v) is 16.5. The molecule has 2 atom stereocenters. The Morgan fingerprint density at radius 3 is 2.38 bits per heavy atom. The number of rotatable bonds is 9. The van der Waals surface area contributed by atoms with E-state index in [2.05, 4.69) is 11.3 Å². The minimum absolute atomic E-state index is 0.398. The number of esters is 2. The van der Waals surface area contributed by atoms with Crippen LogP contribution in [0.15, 0.2) is 48.1 Å². The maximum atomic E-state index is 12.2. The minimum atomic E-state index is -1.30. The van der Waals surface area contributed by atoms with Gasteiger partial charge in [-0.15, -0.1) is 0 Å². The summed E-state index contributed by atoms with van der Waals surface area (Å²) in [6.07, 6.45) is 1.85. The van der Waals surface area contributed by atoms with E-state index >= 15 is 0 Å². The lowest BCUT2D eigenvalue weighted by atomic mass is 10.0. The van der Waals surface area contributed by atoms with Gasteiger partial charge in [-0.2, -0.15) is 0 Å². The molecule has 1 aromatic rings. The van der Waals surface area contributed by atoms with E-state index in [1.54, 1.807) is 38.1 Å². The van der Waals surface area contributed by atoms with Gasteiger partial charge in [-0.3, -0.25) is 0 Å². The molecule has 0 aliphatic rings. The van der Waals surface area contributed by atoms with Crippen molar-refractivity contribution in [1.29, 1.82) is 0 Å². The largest absolute Gasteiger partial charge is 0.466 e. The molecular formula is C19H22Cl2O5. The molecule has 1 rings (SSSR count). The molecule has 0 N–H and O–H groups in total. The third-order valence-electron chi connectivity index (χ3n) is 3.41. The summed E-state index contributed by atoms with van der Waals surface area (Å²) in [5, 5.41) is 0.545. The monoisotopic (exact) mass is 400 g/mol. The number of benzene rings is 1. The normalized spacial score (nSPS) is 13.5. The van der Waals surface area contributed by atoms with Crippen LogP contribution in [0.1, 0.15) is 26.7 Å². The highest BCUT2D eigenvalue weighted by atomic mass is 35.5. The molecule has 0 spiro atoms. The van der Waals surface area contributed by atoms with Gasteiger partial charge in [-0.1, -0.05) is 35.4 Å². The van der Waals surface area contributed by atoms with E-state index < -0.39 is 23.6 Å². The standard InChI is InChI=1S/C19H22Cl2O5/c1-12(2)16(10-5-13(3)11-17(22)24-4)26-19(23)18(21)25-15-8-6-14(20)7-9-15/h6-9,11,16,18H,1,5,10H2,2-4H3. The summed E-state index contributed by atoms with van der Waals surface area (Å²) >= 11 is 11.8. The van der Waals surface area contributed by atoms with Crippen LogP contribution in [0.4, 0.5) is 0 Å². The average Bonchev–Trinajstić information content (AvgIpc) is 2.59. The highest BCUT2D eigenvalue weighted by Crippen LogP contribution is 2.20. The molecule has 142 valence electrons. The van der Waals surface area contributed by atoms with E-state index in [0.29, 0.717) is 29.2 Å². The molecule has 1 aromatic carbocycles. The summed E-state index contributed by atoms with van der Waals surface area (Å²) in [4.78, 5) is 23.4. The van der Waals surface area contributed by atoms with Crippen molar-refractivity contribution in [2.45, 2.75) is 38.4 Å². The first-order chi connectivity index (χ1) is 12.2. The summed E-state index contributed by atoms with van der Waals surface area (Å²) in [7, 11) is 1.31. The Labute approximate surface area is 163 Å². The van der Waals surface area contributed by atoms with Gasteiger partial charge >= 0.3 is 11.9 Å². The Hall–Kier alpha value is -1.98. The average molecular weight is 401 g/mol. The van der Waals surface area contributed by atoms with Crippen LogP contribution in [0.5, 0.6) is 5.75 Å². The number of carbonyl (C=O) groups excluding carboxylic acids is 2. The Kier molecular flexibility index (Phi) is 9.24. The molecule has 0 fully saturated rings. The molecule has 0 aromatic heterocycles. The second kappa shape index (κ2) is 10.9. The van der Waals surface area contributed by atoms with E-state index in [0.717, 1.165) is 5.57 Å². The molecule has 5 nitrogen and oxygen atoms in total. The van der Waals surface area contributed by atoms with Gasteiger partial charge in [0.1, 0.15) is 11.9 Å². The minimum Gasteiger partial charge on any atom is -0.466 e. The second-order valence-electron chi connectivity index (χ2n) is 5.71. The predicted molar refractivity (Wildman–Crippen MR) is 101 cm³/mol. The number of hydrogen-bond acceptors (Lipinski definition) is 5. The Morgan fingerprint density at radius 2 is 1.85 bits per heavy atom. The highest BCUT2D eigenvalue weighted by Gasteiger charge is 2.23. The third kappa shape index (κ3) is 7.93. The highest BCUT2D eigenvalue weighted by molar-refractivity contribution is 6.30. The van der Waals surface area contributed by atoms with Crippen LogP contribution in [0.25, 0.3) is 0 Å². The maximum absolute atomic E-state index is 12.2. The van der Waals surface area contributed by atoms with Crippen molar-refractivity contribution in [3.63, 3.8) is 0 Å². The molecule has 0 heterocycles.